The number of nitrogens with zero attached hydrogens (tertiary/aromatic N) is 1. The highest BCUT2D eigenvalue weighted by molar-refractivity contribution is 7.71. The first-order valence-electron chi connectivity index (χ1n) is 7.66. The number of aromatic amines is 2. The van der Waals surface area contributed by atoms with Crippen molar-refractivity contribution in [2.24, 2.45) is 0 Å². The first-order chi connectivity index (χ1) is 11.9. The largest absolute Gasteiger partial charge is 0.335 e. The molecule has 0 aliphatic carbocycles. The Kier molecular flexibility index (Phi) is 4.50. The Labute approximate surface area is 148 Å². The van der Waals surface area contributed by atoms with Crippen molar-refractivity contribution in [1.29, 1.82) is 0 Å². The molecule has 0 saturated heterocycles. The third kappa shape index (κ3) is 3.23. The van der Waals surface area contributed by atoms with Crippen LogP contribution in [0.15, 0.2) is 47.3 Å². The van der Waals surface area contributed by atoms with E-state index >= 15 is 0 Å². The van der Waals surface area contributed by atoms with Crippen LogP contribution >= 0.6 is 12.2 Å². The Morgan fingerprint density at radius 2 is 1.92 bits per heavy atom. The molecule has 1 amide bonds. The van der Waals surface area contributed by atoms with Gasteiger partial charge in [0.15, 0.2) is 4.77 Å². The molecule has 3 rings (SSSR count). The highest BCUT2D eigenvalue weighted by Crippen LogP contribution is 2.23. The fourth-order valence-corrected chi connectivity index (χ4v) is 2.91. The predicted octanol–water partition coefficient (Wildman–Crippen LogP) is 3.56. The molecular formula is C18H16FN3O2S. The number of hydrogen-bond donors (Lipinski definition) is 2. The summed E-state index contributed by atoms with van der Waals surface area (Å²) in [6, 6.07) is 10.6. The number of nitrogens with one attached hydrogen (secondary N) is 2. The molecule has 0 aliphatic heterocycles. The van der Waals surface area contributed by atoms with Gasteiger partial charge in [0.2, 0.25) is 0 Å². The summed E-state index contributed by atoms with van der Waals surface area (Å²) < 4.78 is 14.2. The summed E-state index contributed by atoms with van der Waals surface area (Å²) in [5.41, 5.74) is 0.988. The number of H-pyrrole nitrogens is 2. The molecule has 3 aromatic rings. The minimum absolute atomic E-state index is 0.190. The zero-order chi connectivity index (χ0) is 18.1. The number of rotatable bonds is 3. The van der Waals surface area contributed by atoms with Crippen LogP contribution in [0.2, 0.25) is 0 Å². The maximum atomic E-state index is 14.0. The number of carbonyl (C=O) groups is 1. The topological polar surface area (TPSA) is 69.0 Å². The molecule has 0 aliphatic rings. The van der Waals surface area contributed by atoms with Gasteiger partial charge in [-0.25, -0.2) is 4.39 Å². The van der Waals surface area contributed by atoms with Crippen LogP contribution in [-0.4, -0.2) is 27.8 Å². The van der Waals surface area contributed by atoms with E-state index in [2.05, 4.69) is 9.97 Å². The third-order valence-electron chi connectivity index (χ3n) is 4.24. The number of carbonyl (C=O) groups excluding carboxylic acids is 1. The molecule has 1 atom stereocenters. The van der Waals surface area contributed by atoms with E-state index in [0.29, 0.717) is 22.0 Å². The van der Waals surface area contributed by atoms with Crippen LogP contribution in [0.1, 0.15) is 28.9 Å². The van der Waals surface area contributed by atoms with Gasteiger partial charge < -0.3 is 9.88 Å². The normalized spacial score (nSPS) is 12.1. The fourth-order valence-electron chi connectivity index (χ4n) is 2.70. The lowest BCUT2D eigenvalue weighted by Crippen LogP contribution is -2.30. The average molecular weight is 357 g/mol. The van der Waals surface area contributed by atoms with Crippen LogP contribution in [0.4, 0.5) is 4.39 Å². The Balaban J connectivity index is 1.97. The molecular weight excluding hydrogens is 341 g/mol. The van der Waals surface area contributed by atoms with Crippen LogP contribution in [0.5, 0.6) is 0 Å². The second-order valence-corrected chi connectivity index (χ2v) is 6.19. The van der Waals surface area contributed by atoms with Crippen LogP contribution in [0.3, 0.4) is 0 Å². The van der Waals surface area contributed by atoms with E-state index in [9.17, 15) is 14.0 Å². The molecule has 7 heteroatoms. The van der Waals surface area contributed by atoms with Gasteiger partial charge in [-0.3, -0.25) is 14.6 Å². The van der Waals surface area contributed by atoms with Crippen molar-refractivity contribution in [3.05, 3.63) is 74.5 Å². The summed E-state index contributed by atoms with van der Waals surface area (Å²) in [5, 5.41) is 0.412. The molecule has 0 radical (unpaired) electrons. The molecule has 25 heavy (non-hydrogen) atoms. The summed E-state index contributed by atoms with van der Waals surface area (Å²) in [7, 11) is 1.61. The summed E-state index contributed by atoms with van der Waals surface area (Å²) in [5.74, 6) is -0.638. The van der Waals surface area contributed by atoms with Gasteiger partial charge in [-0.2, -0.15) is 0 Å². The maximum Gasteiger partial charge on any atom is 0.259 e. The van der Waals surface area contributed by atoms with Crippen molar-refractivity contribution in [1.82, 2.24) is 14.9 Å². The summed E-state index contributed by atoms with van der Waals surface area (Å²) in [6.07, 6.45) is 0. The van der Waals surface area contributed by atoms with E-state index in [1.54, 1.807) is 50.4 Å². The van der Waals surface area contributed by atoms with Crippen molar-refractivity contribution >= 4 is 29.0 Å². The molecule has 1 heterocycles. The van der Waals surface area contributed by atoms with E-state index in [4.69, 9.17) is 12.2 Å². The minimum atomic E-state index is -0.443. The Morgan fingerprint density at radius 1 is 1.20 bits per heavy atom. The maximum absolute atomic E-state index is 14.0. The van der Waals surface area contributed by atoms with E-state index in [0.717, 1.165) is 0 Å². The van der Waals surface area contributed by atoms with Crippen molar-refractivity contribution in [3.8, 4) is 0 Å². The van der Waals surface area contributed by atoms with Gasteiger partial charge in [0.25, 0.3) is 11.5 Å². The van der Waals surface area contributed by atoms with Gasteiger partial charge in [0, 0.05) is 18.2 Å². The first kappa shape index (κ1) is 17.0. The Morgan fingerprint density at radius 3 is 2.64 bits per heavy atom. The van der Waals surface area contributed by atoms with Gasteiger partial charge in [0.1, 0.15) is 5.82 Å². The minimum Gasteiger partial charge on any atom is -0.335 e. The van der Waals surface area contributed by atoms with Crippen LogP contribution in [0, 0.1) is 10.6 Å². The van der Waals surface area contributed by atoms with Crippen LogP contribution < -0.4 is 5.56 Å². The number of amides is 1. The smallest absolute Gasteiger partial charge is 0.259 e. The molecule has 1 unspecified atom stereocenters. The first-order valence-corrected chi connectivity index (χ1v) is 8.07. The molecule has 0 spiro atoms. The standard InChI is InChI=1S/C18H16FN3O2S/c1-10(12-5-3-4-6-14(12)19)22(2)17(24)11-7-8-13-15(9-11)20-18(25)21-16(13)23/h3-10H,1-2H3,(H2,20,21,23,25). The van der Waals surface area contributed by atoms with Gasteiger partial charge in [-0.15, -0.1) is 0 Å². The zero-order valence-corrected chi connectivity index (χ0v) is 14.5. The molecule has 5 nitrogen and oxygen atoms in total. The molecule has 128 valence electrons. The second kappa shape index (κ2) is 6.60. The predicted molar refractivity (Wildman–Crippen MR) is 96.7 cm³/mol. The lowest BCUT2D eigenvalue weighted by molar-refractivity contribution is 0.0740. The van der Waals surface area contributed by atoms with Crippen molar-refractivity contribution in [2.75, 3.05) is 7.05 Å². The van der Waals surface area contributed by atoms with Gasteiger partial charge >= 0.3 is 0 Å². The van der Waals surface area contributed by atoms with Gasteiger partial charge in [0.05, 0.1) is 16.9 Å². The summed E-state index contributed by atoms with van der Waals surface area (Å²) in [4.78, 5) is 31.4. The van der Waals surface area contributed by atoms with Crippen LogP contribution in [-0.2, 0) is 0 Å². The highest BCUT2D eigenvalue weighted by atomic mass is 32.1. The lowest BCUT2D eigenvalue weighted by Gasteiger charge is -2.25. The van der Waals surface area contributed by atoms with Gasteiger partial charge in [-0.05, 0) is 43.4 Å². The van der Waals surface area contributed by atoms with E-state index in [-0.39, 0.29) is 22.1 Å². The molecule has 2 aromatic carbocycles. The molecule has 2 N–H and O–H groups in total. The molecule has 0 fully saturated rings. The van der Waals surface area contributed by atoms with E-state index < -0.39 is 6.04 Å². The SMILES string of the molecule is CC(c1ccccc1F)N(C)C(=O)c1ccc2c(=O)[nH]c(=S)[nH]c2c1. The highest BCUT2D eigenvalue weighted by Gasteiger charge is 2.21. The third-order valence-corrected chi connectivity index (χ3v) is 4.45. The molecule has 1 aromatic heterocycles. The number of halogens is 1. The summed E-state index contributed by atoms with van der Waals surface area (Å²) in [6.45, 7) is 1.76. The van der Waals surface area contributed by atoms with Crippen LogP contribution in [0.25, 0.3) is 10.9 Å². The van der Waals surface area contributed by atoms with Crippen molar-refractivity contribution in [3.63, 3.8) is 0 Å². The van der Waals surface area contributed by atoms with E-state index in [1.165, 1.54) is 11.0 Å². The number of aromatic nitrogens is 2. The zero-order valence-electron chi connectivity index (χ0n) is 13.7. The van der Waals surface area contributed by atoms with E-state index in [1.807, 2.05) is 0 Å². The molecule has 0 saturated carbocycles. The number of fused-ring (bicyclic) bond motifs is 1. The molecule has 0 bridgehead atoms. The monoisotopic (exact) mass is 357 g/mol. The number of hydrogen-bond acceptors (Lipinski definition) is 3. The van der Waals surface area contributed by atoms with Crippen molar-refractivity contribution < 1.29 is 9.18 Å². The van der Waals surface area contributed by atoms with Crippen molar-refractivity contribution in [2.45, 2.75) is 13.0 Å². The quantitative estimate of drug-likeness (QED) is 0.704. The average Bonchev–Trinajstić information content (AvgIpc) is 2.59. The Hall–Kier alpha value is -2.80. The fraction of sp³-hybridized carbons (Fsp3) is 0.167. The Bertz CT molecular complexity index is 1070. The lowest BCUT2D eigenvalue weighted by atomic mass is 10.1. The second-order valence-electron chi connectivity index (χ2n) is 5.78. The van der Waals surface area contributed by atoms with Gasteiger partial charge in [-0.1, -0.05) is 18.2 Å². The summed E-state index contributed by atoms with van der Waals surface area (Å²) >= 11 is 4.96. The number of benzene rings is 2.